The summed E-state index contributed by atoms with van der Waals surface area (Å²) in [5.74, 6) is 2.07. The average molecular weight is 429 g/mol. The number of benzene rings is 1. The standard InChI is InChI=1S/C25H23N5O2/c1-3-30-23-19(25(31)29(2)21-9-6-12-27-24(21)30)15-17(16-28-23)11-14-32-22-10-13-26-20-8-5-4-7-18(20)22/h4-10,12-13,15-16H,3,11,14H2,1-2H3/i12+2,24+2. The van der Waals surface area contributed by atoms with Crippen LogP contribution in [0.2, 0.25) is 0 Å². The topological polar surface area (TPSA) is 71.5 Å². The Kier molecular flexibility index (Phi) is 5.15. The summed E-state index contributed by atoms with van der Waals surface area (Å²) in [5, 5.41) is 0.982. The molecule has 0 radical (unpaired) electrons. The maximum Gasteiger partial charge on any atom is 0.261 e. The predicted octanol–water partition coefficient (Wildman–Crippen LogP) is 4.39. The van der Waals surface area contributed by atoms with Gasteiger partial charge in [-0.1, -0.05) is 12.1 Å². The van der Waals surface area contributed by atoms with Crippen LogP contribution in [0.15, 0.2) is 67.1 Å². The second-order valence-corrected chi connectivity index (χ2v) is 7.59. The number of fused-ring (bicyclic) bond motifs is 3. The van der Waals surface area contributed by atoms with Gasteiger partial charge in [-0.15, -0.1) is 0 Å². The molecule has 0 saturated heterocycles. The lowest BCUT2D eigenvalue weighted by atomic mass is 10.1. The second kappa shape index (κ2) is 8.26. The average Bonchev–Trinajstić information content (AvgIpc) is 2.92. The van der Waals surface area contributed by atoms with Crippen LogP contribution in [0.3, 0.4) is 0 Å². The predicted molar refractivity (Wildman–Crippen MR) is 125 cm³/mol. The third kappa shape index (κ3) is 3.41. The van der Waals surface area contributed by atoms with E-state index in [9.17, 15) is 4.79 Å². The monoisotopic (exact) mass is 429 g/mol. The number of carbonyl (C=O) groups excluding carboxylic acids is 1. The van der Waals surface area contributed by atoms with Crippen LogP contribution >= 0.6 is 0 Å². The minimum atomic E-state index is -0.0967. The molecule has 7 nitrogen and oxygen atoms in total. The molecule has 0 aliphatic carbocycles. The molecule has 0 saturated carbocycles. The minimum Gasteiger partial charge on any atom is -0.492 e. The van der Waals surface area contributed by atoms with Crippen LogP contribution in [-0.2, 0) is 6.42 Å². The number of ether oxygens (including phenoxy) is 1. The Hall–Kier alpha value is -4.00. The van der Waals surface area contributed by atoms with Gasteiger partial charge in [-0.2, -0.15) is 0 Å². The SMILES string of the molecule is CCN1c2ncc(CCOc3ccnc4ccccc34)cc2C(=O)N(C)c2cc[14cH]n[14c]21. The number of amides is 1. The van der Waals surface area contributed by atoms with Crippen LogP contribution in [0.5, 0.6) is 5.75 Å². The fraction of sp³-hybridized carbons (Fsp3) is 0.200. The smallest absolute Gasteiger partial charge is 0.261 e. The quantitative estimate of drug-likeness (QED) is 0.468. The van der Waals surface area contributed by atoms with Gasteiger partial charge in [0.15, 0.2) is 5.82 Å². The van der Waals surface area contributed by atoms with E-state index in [2.05, 4.69) is 15.0 Å². The van der Waals surface area contributed by atoms with Gasteiger partial charge < -0.3 is 14.5 Å². The molecule has 0 atom stereocenters. The molecule has 0 spiro atoms. The van der Waals surface area contributed by atoms with Gasteiger partial charge in [-0.25, -0.2) is 9.97 Å². The van der Waals surface area contributed by atoms with Crippen molar-refractivity contribution in [3.63, 3.8) is 0 Å². The van der Waals surface area contributed by atoms with Gasteiger partial charge in [0.25, 0.3) is 5.91 Å². The maximum atomic E-state index is 13.2. The molecular formula is C25H23N5O2. The number of hydrogen-bond donors (Lipinski definition) is 0. The zero-order valence-corrected chi connectivity index (χ0v) is 18.0. The van der Waals surface area contributed by atoms with Crippen molar-refractivity contribution in [3.05, 3.63) is 78.2 Å². The Morgan fingerprint density at radius 1 is 1.16 bits per heavy atom. The summed E-state index contributed by atoms with van der Waals surface area (Å²) in [4.78, 5) is 30.4. The van der Waals surface area contributed by atoms with Gasteiger partial charge in [0.1, 0.15) is 11.6 Å². The van der Waals surface area contributed by atoms with E-state index in [0.29, 0.717) is 31.0 Å². The molecule has 1 aromatic carbocycles. The van der Waals surface area contributed by atoms with Crippen LogP contribution in [0.1, 0.15) is 22.8 Å². The molecular weight excluding hydrogens is 406 g/mol. The normalized spacial score (nSPS) is 13.0. The summed E-state index contributed by atoms with van der Waals surface area (Å²) in [5.41, 5.74) is 3.18. The molecule has 1 aliphatic heterocycles. The summed E-state index contributed by atoms with van der Waals surface area (Å²) in [6.45, 7) is 3.15. The van der Waals surface area contributed by atoms with Crippen molar-refractivity contribution in [2.45, 2.75) is 13.3 Å². The fourth-order valence-electron chi connectivity index (χ4n) is 4.03. The molecule has 3 aromatic heterocycles. The molecule has 4 aromatic rings. The van der Waals surface area contributed by atoms with Crippen LogP contribution in [0, 0.1) is 0 Å². The van der Waals surface area contributed by atoms with Crippen molar-refractivity contribution < 1.29 is 9.53 Å². The third-order valence-electron chi connectivity index (χ3n) is 5.67. The Morgan fingerprint density at radius 3 is 2.91 bits per heavy atom. The zero-order chi connectivity index (χ0) is 22.1. The number of hydrogen-bond acceptors (Lipinski definition) is 6. The molecule has 5 rings (SSSR count). The van der Waals surface area contributed by atoms with Crippen molar-refractivity contribution in [3.8, 4) is 5.75 Å². The number of pyridine rings is 3. The van der Waals surface area contributed by atoms with E-state index in [1.54, 1.807) is 24.3 Å². The Morgan fingerprint density at radius 2 is 2.03 bits per heavy atom. The molecule has 32 heavy (non-hydrogen) atoms. The largest absolute Gasteiger partial charge is 0.492 e. The van der Waals surface area contributed by atoms with Crippen molar-refractivity contribution in [1.29, 1.82) is 0 Å². The Labute approximate surface area is 186 Å². The molecule has 0 bridgehead atoms. The fourth-order valence-corrected chi connectivity index (χ4v) is 4.03. The van der Waals surface area contributed by atoms with Crippen molar-refractivity contribution >= 4 is 34.1 Å². The highest BCUT2D eigenvalue weighted by Crippen LogP contribution is 2.37. The van der Waals surface area contributed by atoms with Gasteiger partial charge in [-0.05, 0) is 48.9 Å². The molecule has 0 unspecified atom stereocenters. The zero-order valence-electron chi connectivity index (χ0n) is 18.0. The lowest BCUT2D eigenvalue weighted by Crippen LogP contribution is -2.25. The first-order valence-electron chi connectivity index (χ1n) is 10.6. The van der Waals surface area contributed by atoms with E-state index >= 15 is 0 Å². The minimum absolute atomic E-state index is 0.0967. The summed E-state index contributed by atoms with van der Waals surface area (Å²) >= 11 is 0. The van der Waals surface area contributed by atoms with Crippen LogP contribution < -0.4 is 14.5 Å². The highest BCUT2D eigenvalue weighted by molar-refractivity contribution is 6.12. The van der Waals surface area contributed by atoms with Crippen LogP contribution in [-0.4, -0.2) is 41.1 Å². The lowest BCUT2D eigenvalue weighted by molar-refractivity contribution is 0.0994. The third-order valence-corrected chi connectivity index (χ3v) is 5.67. The highest BCUT2D eigenvalue weighted by Gasteiger charge is 2.30. The molecule has 160 valence electrons. The molecule has 0 fully saturated rings. The van der Waals surface area contributed by atoms with E-state index in [4.69, 9.17) is 4.74 Å². The number of anilines is 3. The number of aromatic nitrogens is 3. The highest BCUT2D eigenvalue weighted by atomic mass is 16.5. The summed E-state index contributed by atoms with van der Waals surface area (Å²) in [7, 11) is 1.77. The molecule has 1 amide bonds. The van der Waals surface area contributed by atoms with E-state index in [1.807, 2.05) is 66.6 Å². The van der Waals surface area contributed by atoms with E-state index < -0.39 is 0 Å². The van der Waals surface area contributed by atoms with Gasteiger partial charge in [0, 0.05) is 44.0 Å². The Bertz CT molecular complexity index is 1300. The van der Waals surface area contributed by atoms with Crippen molar-refractivity contribution in [1.82, 2.24) is 15.0 Å². The molecule has 1 aliphatic rings. The second-order valence-electron chi connectivity index (χ2n) is 7.59. The van der Waals surface area contributed by atoms with Gasteiger partial charge in [0.05, 0.1) is 23.4 Å². The number of rotatable bonds is 5. The van der Waals surface area contributed by atoms with Crippen molar-refractivity contribution in [2.75, 3.05) is 30.0 Å². The van der Waals surface area contributed by atoms with E-state index in [0.717, 1.165) is 33.7 Å². The number of carbonyl (C=O) groups is 1. The summed E-state index contributed by atoms with van der Waals surface area (Å²) in [6.07, 6.45) is 5.93. The summed E-state index contributed by atoms with van der Waals surface area (Å²) < 4.78 is 6.05. The van der Waals surface area contributed by atoms with Crippen LogP contribution in [0.25, 0.3) is 10.9 Å². The molecule has 4 heterocycles. The molecule has 0 N–H and O–H groups in total. The van der Waals surface area contributed by atoms with Gasteiger partial charge >= 0.3 is 0 Å². The lowest BCUT2D eigenvalue weighted by Gasteiger charge is -2.22. The van der Waals surface area contributed by atoms with Crippen molar-refractivity contribution in [2.24, 2.45) is 0 Å². The first-order chi connectivity index (χ1) is 15.7. The first-order valence-corrected chi connectivity index (χ1v) is 10.6. The summed E-state index contributed by atoms with van der Waals surface area (Å²) in [6, 6.07) is 15.4. The number of para-hydroxylation sites is 1. The van der Waals surface area contributed by atoms with E-state index in [1.165, 1.54) is 0 Å². The Balaban J connectivity index is 1.41. The first kappa shape index (κ1) is 19.9. The maximum absolute atomic E-state index is 13.2. The van der Waals surface area contributed by atoms with E-state index in [-0.39, 0.29) is 5.91 Å². The van der Waals surface area contributed by atoms with Crippen LogP contribution in [0.4, 0.5) is 17.3 Å². The number of nitrogens with zero attached hydrogens (tertiary/aromatic N) is 5. The molecule has 7 heteroatoms. The van der Waals surface area contributed by atoms with Gasteiger partial charge in [0.2, 0.25) is 0 Å². The van der Waals surface area contributed by atoms with Gasteiger partial charge in [-0.3, -0.25) is 9.78 Å².